The van der Waals surface area contributed by atoms with Crippen LogP contribution in [0, 0.1) is 0 Å². The molecule has 1 N–H and O–H groups in total. The molecule has 0 bridgehead atoms. The number of anilines is 1. The third-order valence-corrected chi connectivity index (χ3v) is 4.57. The molecule has 1 rings (SSSR count). The molecule has 0 atom stereocenters. The molecular weight excluding hydrogens is 262 g/mol. The first-order valence-corrected chi connectivity index (χ1v) is 9.43. The molecule has 1 aromatic rings. The maximum atomic E-state index is 3.80. The average molecular weight is 294 g/mol. The van der Waals surface area contributed by atoms with Crippen molar-refractivity contribution in [3.8, 4) is 0 Å². The standard InChI is InChI=1S/C18H31NS/c1-4-6-8-12-16(13-9-7-5-2)19-17-14-10-11-15-18(17)20-3/h10-11,14-16,19H,4-9,12-13H2,1-3H3. The lowest BCUT2D eigenvalue weighted by Gasteiger charge is -2.21. The predicted molar refractivity (Wildman–Crippen MR) is 93.9 cm³/mol. The topological polar surface area (TPSA) is 12.0 Å². The van der Waals surface area contributed by atoms with Crippen molar-refractivity contribution in [2.75, 3.05) is 11.6 Å². The number of para-hydroxylation sites is 1. The fourth-order valence-corrected chi connectivity index (χ4v) is 3.12. The van der Waals surface area contributed by atoms with Crippen molar-refractivity contribution in [2.24, 2.45) is 0 Å². The first-order valence-electron chi connectivity index (χ1n) is 8.21. The lowest BCUT2D eigenvalue weighted by atomic mass is 10.0. The van der Waals surface area contributed by atoms with Crippen LogP contribution < -0.4 is 5.32 Å². The Labute approximate surface area is 129 Å². The van der Waals surface area contributed by atoms with Gasteiger partial charge in [-0.25, -0.2) is 0 Å². The highest BCUT2D eigenvalue weighted by Gasteiger charge is 2.10. The molecule has 1 nitrogen and oxygen atoms in total. The number of hydrogen-bond donors (Lipinski definition) is 1. The van der Waals surface area contributed by atoms with Gasteiger partial charge < -0.3 is 5.32 Å². The average Bonchev–Trinajstić information content (AvgIpc) is 2.48. The second-order valence-corrected chi connectivity index (χ2v) is 6.38. The minimum atomic E-state index is 0.640. The summed E-state index contributed by atoms with van der Waals surface area (Å²) >= 11 is 1.83. The summed E-state index contributed by atoms with van der Waals surface area (Å²) in [4.78, 5) is 1.36. The van der Waals surface area contributed by atoms with E-state index in [0.717, 1.165) is 0 Å². The predicted octanol–water partition coefficient (Wildman–Crippen LogP) is 6.35. The monoisotopic (exact) mass is 293 g/mol. The fraction of sp³-hybridized carbons (Fsp3) is 0.667. The smallest absolute Gasteiger partial charge is 0.0480 e. The zero-order valence-electron chi connectivity index (χ0n) is 13.5. The molecule has 114 valence electrons. The molecule has 0 aliphatic carbocycles. The number of hydrogen-bond acceptors (Lipinski definition) is 2. The van der Waals surface area contributed by atoms with Crippen molar-refractivity contribution in [1.82, 2.24) is 0 Å². The normalized spacial score (nSPS) is 11.0. The van der Waals surface area contributed by atoms with Gasteiger partial charge in [-0.1, -0.05) is 64.5 Å². The Morgan fingerprint density at radius 3 is 2.10 bits per heavy atom. The van der Waals surface area contributed by atoms with Crippen molar-refractivity contribution in [2.45, 2.75) is 76.2 Å². The summed E-state index contributed by atoms with van der Waals surface area (Å²) in [5.74, 6) is 0. The lowest BCUT2D eigenvalue weighted by molar-refractivity contribution is 0.526. The lowest BCUT2D eigenvalue weighted by Crippen LogP contribution is -2.19. The second kappa shape index (κ2) is 11.1. The molecular formula is C18H31NS. The van der Waals surface area contributed by atoms with Gasteiger partial charge in [0.2, 0.25) is 0 Å². The van der Waals surface area contributed by atoms with Crippen LogP contribution in [0.2, 0.25) is 0 Å². The van der Waals surface area contributed by atoms with Crippen LogP contribution in [0.5, 0.6) is 0 Å². The van der Waals surface area contributed by atoms with Crippen molar-refractivity contribution in [3.63, 3.8) is 0 Å². The van der Waals surface area contributed by atoms with E-state index < -0.39 is 0 Å². The summed E-state index contributed by atoms with van der Waals surface area (Å²) in [6.45, 7) is 4.56. The van der Waals surface area contributed by atoms with Crippen LogP contribution in [0.3, 0.4) is 0 Å². The van der Waals surface area contributed by atoms with Gasteiger partial charge in [-0.15, -0.1) is 11.8 Å². The fourth-order valence-electron chi connectivity index (χ4n) is 2.55. The van der Waals surface area contributed by atoms with Crippen molar-refractivity contribution in [1.29, 1.82) is 0 Å². The SMILES string of the molecule is CCCCCC(CCCCC)Nc1ccccc1SC. The molecule has 2 heteroatoms. The first kappa shape index (κ1) is 17.4. The summed E-state index contributed by atoms with van der Waals surface area (Å²) in [6, 6.07) is 9.33. The minimum Gasteiger partial charge on any atom is -0.381 e. The molecule has 0 aliphatic rings. The Morgan fingerprint density at radius 2 is 1.55 bits per heavy atom. The highest BCUT2D eigenvalue weighted by Crippen LogP contribution is 2.27. The van der Waals surface area contributed by atoms with E-state index in [1.54, 1.807) is 0 Å². The molecule has 0 unspecified atom stereocenters. The van der Waals surface area contributed by atoms with E-state index in [1.807, 2.05) is 11.8 Å². The summed E-state index contributed by atoms with van der Waals surface area (Å²) in [5.41, 5.74) is 1.32. The third-order valence-electron chi connectivity index (χ3n) is 3.78. The molecule has 0 saturated carbocycles. The van der Waals surface area contributed by atoms with E-state index >= 15 is 0 Å². The van der Waals surface area contributed by atoms with Gasteiger partial charge in [0.05, 0.1) is 0 Å². The highest BCUT2D eigenvalue weighted by atomic mass is 32.2. The maximum absolute atomic E-state index is 3.80. The molecule has 1 aromatic carbocycles. The van der Waals surface area contributed by atoms with Crippen LogP contribution in [-0.4, -0.2) is 12.3 Å². The molecule has 0 amide bonds. The molecule has 20 heavy (non-hydrogen) atoms. The van der Waals surface area contributed by atoms with Gasteiger partial charge in [-0.3, -0.25) is 0 Å². The molecule has 0 heterocycles. The maximum Gasteiger partial charge on any atom is 0.0480 e. The van der Waals surface area contributed by atoms with Crippen LogP contribution in [0.15, 0.2) is 29.2 Å². The number of nitrogens with one attached hydrogen (secondary N) is 1. The van der Waals surface area contributed by atoms with Crippen LogP contribution in [0.4, 0.5) is 5.69 Å². The number of thioether (sulfide) groups is 1. The van der Waals surface area contributed by atoms with E-state index in [2.05, 4.69) is 49.7 Å². The van der Waals surface area contributed by atoms with Crippen molar-refractivity contribution >= 4 is 17.4 Å². The highest BCUT2D eigenvalue weighted by molar-refractivity contribution is 7.98. The third kappa shape index (κ3) is 6.69. The van der Waals surface area contributed by atoms with E-state index in [0.29, 0.717) is 6.04 Å². The van der Waals surface area contributed by atoms with Crippen LogP contribution in [0.25, 0.3) is 0 Å². The van der Waals surface area contributed by atoms with Gasteiger partial charge in [-0.2, -0.15) is 0 Å². The summed E-state index contributed by atoms with van der Waals surface area (Å²) < 4.78 is 0. The molecule has 0 saturated heterocycles. The minimum absolute atomic E-state index is 0.640. The van der Waals surface area contributed by atoms with Gasteiger partial charge >= 0.3 is 0 Å². The Morgan fingerprint density at radius 1 is 0.950 bits per heavy atom. The van der Waals surface area contributed by atoms with Gasteiger partial charge in [0, 0.05) is 16.6 Å². The summed E-state index contributed by atoms with van der Waals surface area (Å²) in [7, 11) is 0. The quantitative estimate of drug-likeness (QED) is 0.377. The molecule has 0 radical (unpaired) electrons. The Bertz CT molecular complexity index is 341. The van der Waals surface area contributed by atoms with E-state index in [9.17, 15) is 0 Å². The van der Waals surface area contributed by atoms with Gasteiger partial charge in [0.25, 0.3) is 0 Å². The zero-order valence-corrected chi connectivity index (χ0v) is 14.3. The Hall–Kier alpha value is -0.630. The number of unbranched alkanes of at least 4 members (excludes halogenated alkanes) is 4. The summed E-state index contributed by atoms with van der Waals surface area (Å²) in [5, 5.41) is 3.80. The van der Waals surface area contributed by atoms with E-state index in [4.69, 9.17) is 0 Å². The van der Waals surface area contributed by atoms with Gasteiger partial charge in [0.15, 0.2) is 0 Å². The molecule has 0 aromatic heterocycles. The summed E-state index contributed by atoms with van der Waals surface area (Å²) in [6.07, 6.45) is 12.8. The number of rotatable bonds is 11. The van der Waals surface area contributed by atoms with E-state index in [-0.39, 0.29) is 0 Å². The van der Waals surface area contributed by atoms with Crippen LogP contribution >= 0.6 is 11.8 Å². The largest absolute Gasteiger partial charge is 0.381 e. The molecule has 0 aliphatic heterocycles. The Kier molecular flexibility index (Phi) is 9.65. The number of benzene rings is 1. The van der Waals surface area contributed by atoms with Crippen LogP contribution in [-0.2, 0) is 0 Å². The Balaban J connectivity index is 2.56. The molecule has 0 spiro atoms. The second-order valence-electron chi connectivity index (χ2n) is 5.53. The van der Waals surface area contributed by atoms with Crippen molar-refractivity contribution in [3.05, 3.63) is 24.3 Å². The zero-order chi connectivity index (χ0) is 14.6. The van der Waals surface area contributed by atoms with E-state index in [1.165, 1.54) is 61.9 Å². The first-order chi connectivity index (χ1) is 9.81. The van der Waals surface area contributed by atoms with Gasteiger partial charge in [-0.05, 0) is 31.2 Å². The molecule has 0 fully saturated rings. The van der Waals surface area contributed by atoms with Gasteiger partial charge in [0.1, 0.15) is 0 Å². The van der Waals surface area contributed by atoms with Crippen LogP contribution in [0.1, 0.15) is 65.2 Å². The van der Waals surface area contributed by atoms with Crippen molar-refractivity contribution < 1.29 is 0 Å².